The van der Waals surface area contributed by atoms with Gasteiger partial charge >= 0.3 is 0 Å². The summed E-state index contributed by atoms with van der Waals surface area (Å²) in [4.78, 5) is 12.3. The molecule has 24 heavy (non-hydrogen) atoms. The van der Waals surface area contributed by atoms with Crippen LogP contribution in [-0.2, 0) is 5.60 Å². The third-order valence-electron chi connectivity index (χ3n) is 4.36. The van der Waals surface area contributed by atoms with Crippen LogP contribution in [0.2, 0.25) is 0 Å². The van der Waals surface area contributed by atoms with E-state index < -0.39 is 5.60 Å². The van der Waals surface area contributed by atoms with Crippen molar-refractivity contribution in [3.8, 4) is 11.5 Å². The van der Waals surface area contributed by atoms with Crippen molar-refractivity contribution in [2.45, 2.75) is 26.4 Å². The molecule has 5 heteroatoms. The van der Waals surface area contributed by atoms with Gasteiger partial charge in [0, 0.05) is 5.56 Å². The normalized spacial score (nSPS) is 15.0. The Morgan fingerprint density at radius 2 is 1.88 bits per heavy atom. The van der Waals surface area contributed by atoms with Gasteiger partial charge in [-0.15, -0.1) is 0 Å². The van der Waals surface area contributed by atoms with Crippen molar-refractivity contribution in [2.75, 3.05) is 13.3 Å². The van der Waals surface area contributed by atoms with Crippen LogP contribution in [-0.4, -0.2) is 24.4 Å². The monoisotopic (exact) mass is 327 g/mol. The van der Waals surface area contributed by atoms with Crippen molar-refractivity contribution in [2.24, 2.45) is 0 Å². The molecule has 2 aromatic rings. The minimum Gasteiger partial charge on any atom is -0.454 e. The standard InChI is InChI=1S/C19H21NO4/c1-12-4-5-14(8-13(12)2)18(21)20-10-19(3,22)15-6-7-16-17(9-15)24-11-23-16/h4-9,22H,10-11H2,1-3H3,(H,20,21). The SMILES string of the molecule is Cc1ccc(C(=O)NCC(C)(O)c2ccc3c(c2)OCO3)cc1C. The Bertz CT molecular complexity index is 783. The van der Waals surface area contributed by atoms with Crippen LogP contribution in [0.5, 0.6) is 11.5 Å². The number of aliphatic hydroxyl groups is 1. The lowest BCUT2D eigenvalue weighted by Gasteiger charge is -2.24. The molecule has 0 bridgehead atoms. The fourth-order valence-electron chi connectivity index (χ4n) is 2.57. The summed E-state index contributed by atoms with van der Waals surface area (Å²) < 4.78 is 10.6. The van der Waals surface area contributed by atoms with Crippen molar-refractivity contribution >= 4 is 5.91 Å². The first kappa shape index (κ1) is 16.3. The lowest BCUT2D eigenvalue weighted by molar-refractivity contribution is 0.0525. The van der Waals surface area contributed by atoms with E-state index in [-0.39, 0.29) is 19.2 Å². The summed E-state index contributed by atoms with van der Waals surface area (Å²) in [5, 5.41) is 13.5. The molecule has 2 aromatic carbocycles. The summed E-state index contributed by atoms with van der Waals surface area (Å²) in [5.41, 5.74) is 2.23. The second-order valence-electron chi connectivity index (χ2n) is 6.32. The number of fused-ring (bicyclic) bond motifs is 1. The molecule has 0 radical (unpaired) electrons. The predicted molar refractivity (Wildman–Crippen MR) is 90.4 cm³/mol. The third-order valence-corrected chi connectivity index (χ3v) is 4.36. The fraction of sp³-hybridized carbons (Fsp3) is 0.316. The third kappa shape index (κ3) is 3.21. The van der Waals surface area contributed by atoms with Crippen molar-refractivity contribution in [3.05, 3.63) is 58.7 Å². The van der Waals surface area contributed by atoms with E-state index in [2.05, 4.69) is 5.32 Å². The van der Waals surface area contributed by atoms with Crippen LogP contribution in [0.4, 0.5) is 0 Å². The summed E-state index contributed by atoms with van der Waals surface area (Å²) in [6, 6.07) is 10.8. The minimum atomic E-state index is -1.21. The number of benzene rings is 2. The van der Waals surface area contributed by atoms with Crippen molar-refractivity contribution < 1.29 is 19.4 Å². The van der Waals surface area contributed by atoms with Crippen LogP contribution in [0.25, 0.3) is 0 Å². The molecule has 3 rings (SSSR count). The Hall–Kier alpha value is -2.53. The Kier molecular flexibility index (Phi) is 4.20. The number of ether oxygens (including phenoxy) is 2. The van der Waals surface area contributed by atoms with Crippen LogP contribution in [0.15, 0.2) is 36.4 Å². The van der Waals surface area contributed by atoms with Crippen LogP contribution in [0.3, 0.4) is 0 Å². The summed E-state index contributed by atoms with van der Waals surface area (Å²) in [7, 11) is 0. The average Bonchev–Trinajstić information content (AvgIpc) is 3.03. The highest BCUT2D eigenvalue weighted by Crippen LogP contribution is 2.35. The number of rotatable bonds is 4. The molecule has 126 valence electrons. The van der Waals surface area contributed by atoms with Gasteiger partial charge in [-0.3, -0.25) is 4.79 Å². The van der Waals surface area contributed by atoms with Gasteiger partial charge < -0.3 is 19.9 Å². The Morgan fingerprint density at radius 3 is 2.62 bits per heavy atom. The van der Waals surface area contributed by atoms with E-state index in [0.29, 0.717) is 22.6 Å². The number of amides is 1. The van der Waals surface area contributed by atoms with Crippen LogP contribution in [0, 0.1) is 13.8 Å². The highest BCUT2D eigenvalue weighted by molar-refractivity contribution is 5.94. The van der Waals surface area contributed by atoms with E-state index in [1.807, 2.05) is 26.0 Å². The number of carbonyl (C=O) groups excluding carboxylic acids is 1. The largest absolute Gasteiger partial charge is 0.454 e. The zero-order valence-corrected chi connectivity index (χ0v) is 14.1. The van der Waals surface area contributed by atoms with Gasteiger partial charge in [0.2, 0.25) is 6.79 Å². The van der Waals surface area contributed by atoms with E-state index >= 15 is 0 Å². The molecule has 5 nitrogen and oxygen atoms in total. The van der Waals surface area contributed by atoms with Gasteiger partial charge in [-0.2, -0.15) is 0 Å². The summed E-state index contributed by atoms with van der Waals surface area (Å²) in [6.45, 7) is 5.91. The smallest absolute Gasteiger partial charge is 0.251 e. The second kappa shape index (κ2) is 6.17. The number of hydrogen-bond donors (Lipinski definition) is 2. The van der Waals surface area contributed by atoms with Gasteiger partial charge in [0.1, 0.15) is 5.60 Å². The number of carbonyl (C=O) groups is 1. The average molecular weight is 327 g/mol. The number of aryl methyl sites for hydroxylation is 2. The van der Waals surface area contributed by atoms with Gasteiger partial charge in [-0.1, -0.05) is 12.1 Å². The van der Waals surface area contributed by atoms with Gasteiger partial charge in [-0.25, -0.2) is 0 Å². The van der Waals surface area contributed by atoms with Crippen LogP contribution in [0.1, 0.15) is 34.0 Å². The molecule has 0 saturated carbocycles. The van der Waals surface area contributed by atoms with Crippen molar-refractivity contribution in [1.82, 2.24) is 5.32 Å². The van der Waals surface area contributed by atoms with Gasteiger partial charge in [0.15, 0.2) is 11.5 Å². The Labute approximate surface area is 141 Å². The predicted octanol–water partition coefficient (Wildman–Crippen LogP) is 2.67. The number of hydrogen-bond acceptors (Lipinski definition) is 4. The van der Waals surface area contributed by atoms with E-state index in [9.17, 15) is 9.90 Å². The molecule has 1 atom stereocenters. The summed E-state index contributed by atoms with van der Waals surface area (Å²) in [5.74, 6) is 1.06. The topological polar surface area (TPSA) is 67.8 Å². The fourth-order valence-corrected chi connectivity index (χ4v) is 2.57. The molecule has 0 spiro atoms. The van der Waals surface area contributed by atoms with Crippen molar-refractivity contribution in [1.29, 1.82) is 0 Å². The molecule has 1 aliphatic rings. The first-order chi connectivity index (χ1) is 11.4. The maximum absolute atomic E-state index is 12.3. The minimum absolute atomic E-state index is 0.0956. The van der Waals surface area contributed by atoms with Gasteiger partial charge in [-0.05, 0) is 61.7 Å². The van der Waals surface area contributed by atoms with Gasteiger partial charge in [0.25, 0.3) is 5.91 Å². The zero-order chi connectivity index (χ0) is 17.3. The van der Waals surface area contributed by atoms with E-state index in [4.69, 9.17) is 9.47 Å². The maximum Gasteiger partial charge on any atom is 0.251 e. The molecule has 2 N–H and O–H groups in total. The maximum atomic E-state index is 12.3. The summed E-state index contributed by atoms with van der Waals surface area (Å²) in [6.07, 6.45) is 0. The van der Waals surface area contributed by atoms with Crippen LogP contribution >= 0.6 is 0 Å². The molecule has 0 aromatic heterocycles. The lowest BCUT2D eigenvalue weighted by atomic mass is 9.95. The Morgan fingerprint density at radius 1 is 1.12 bits per heavy atom. The first-order valence-electron chi connectivity index (χ1n) is 7.85. The highest BCUT2D eigenvalue weighted by Gasteiger charge is 2.26. The first-order valence-corrected chi connectivity index (χ1v) is 7.85. The molecule has 0 aliphatic carbocycles. The Balaban J connectivity index is 1.70. The molecule has 1 amide bonds. The molecular weight excluding hydrogens is 306 g/mol. The second-order valence-corrected chi connectivity index (χ2v) is 6.32. The quantitative estimate of drug-likeness (QED) is 0.906. The molecule has 1 heterocycles. The molecule has 0 fully saturated rings. The number of nitrogens with one attached hydrogen (secondary N) is 1. The molecular formula is C19H21NO4. The van der Waals surface area contributed by atoms with E-state index in [1.165, 1.54) is 0 Å². The molecule has 0 saturated heterocycles. The zero-order valence-electron chi connectivity index (χ0n) is 14.1. The molecule has 1 unspecified atom stereocenters. The van der Waals surface area contributed by atoms with E-state index in [0.717, 1.165) is 11.1 Å². The highest BCUT2D eigenvalue weighted by atomic mass is 16.7. The van der Waals surface area contributed by atoms with E-state index in [1.54, 1.807) is 31.2 Å². The molecule has 1 aliphatic heterocycles. The summed E-state index contributed by atoms with van der Waals surface area (Å²) >= 11 is 0. The van der Waals surface area contributed by atoms with Crippen molar-refractivity contribution in [3.63, 3.8) is 0 Å². The van der Waals surface area contributed by atoms with Crippen LogP contribution < -0.4 is 14.8 Å². The van der Waals surface area contributed by atoms with Gasteiger partial charge in [0.05, 0.1) is 6.54 Å². The lowest BCUT2D eigenvalue weighted by Crippen LogP contribution is -2.38.